The van der Waals surface area contributed by atoms with Gasteiger partial charge in [0.2, 0.25) is 0 Å². The Labute approximate surface area is 201 Å². The first-order valence-electron chi connectivity index (χ1n) is 11.0. The monoisotopic (exact) mass is 507 g/mol. The number of fused-ring (bicyclic) bond motifs is 2. The van der Waals surface area contributed by atoms with Crippen LogP contribution in [0, 0.1) is 0 Å². The lowest BCUT2D eigenvalue weighted by atomic mass is 10.1. The molecular weight excluding hydrogens is 482 g/mol. The van der Waals surface area contributed by atoms with Crippen molar-refractivity contribution in [3.63, 3.8) is 0 Å². The molecule has 5 rings (SSSR count). The molecule has 0 atom stereocenters. The lowest BCUT2D eigenvalue weighted by Gasteiger charge is -2.36. The molecule has 0 spiro atoms. The zero-order chi connectivity index (χ0) is 23.2. The minimum atomic E-state index is -0.494. The van der Waals surface area contributed by atoms with Gasteiger partial charge >= 0.3 is 6.09 Å². The summed E-state index contributed by atoms with van der Waals surface area (Å²) in [7, 11) is 0. The lowest BCUT2D eigenvalue weighted by molar-refractivity contribution is 0.0240. The number of anilines is 1. The lowest BCUT2D eigenvalue weighted by Crippen LogP contribution is -2.50. The number of amides is 1. The van der Waals surface area contributed by atoms with Crippen LogP contribution in [0.5, 0.6) is 0 Å². The summed E-state index contributed by atoms with van der Waals surface area (Å²) in [5, 5.41) is 1.06. The number of hydrogen-bond donors (Lipinski definition) is 0. The van der Waals surface area contributed by atoms with Crippen LogP contribution in [-0.2, 0) is 4.74 Å². The summed E-state index contributed by atoms with van der Waals surface area (Å²) >= 11 is 3.58. The van der Waals surface area contributed by atoms with E-state index in [1.165, 1.54) is 0 Å². The van der Waals surface area contributed by atoms with E-state index in [1.54, 1.807) is 4.90 Å². The van der Waals surface area contributed by atoms with Gasteiger partial charge in [0.05, 0.1) is 22.2 Å². The van der Waals surface area contributed by atoms with Gasteiger partial charge in [-0.1, -0.05) is 34.1 Å². The first kappa shape index (κ1) is 21.7. The van der Waals surface area contributed by atoms with Crippen molar-refractivity contribution in [2.75, 3.05) is 31.1 Å². The van der Waals surface area contributed by atoms with Gasteiger partial charge in [-0.25, -0.2) is 14.8 Å². The summed E-state index contributed by atoms with van der Waals surface area (Å²) in [6.07, 6.45) is 1.60. The highest BCUT2D eigenvalue weighted by molar-refractivity contribution is 9.10. The fraction of sp³-hybridized carbons (Fsp3) is 0.320. The van der Waals surface area contributed by atoms with E-state index in [0.29, 0.717) is 26.2 Å². The SMILES string of the molecule is CC(C)(C)OC(=O)N1CCN(c2cc(-n3cnc4ccc(Br)cc43)c3ccccc3n2)CC1. The highest BCUT2D eigenvalue weighted by atomic mass is 79.9. The number of halogens is 1. The highest BCUT2D eigenvalue weighted by Crippen LogP contribution is 2.30. The van der Waals surface area contributed by atoms with Crippen molar-refractivity contribution in [3.8, 4) is 5.69 Å². The van der Waals surface area contributed by atoms with Crippen LogP contribution >= 0.6 is 15.9 Å². The van der Waals surface area contributed by atoms with E-state index < -0.39 is 5.60 Å². The zero-order valence-corrected chi connectivity index (χ0v) is 20.5. The van der Waals surface area contributed by atoms with Crippen molar-refractivity contribution >= 4 is 49.8 Å². The number of para-hydroxylation sites is 1. The molecule has 3 heterocycles. The maximum atomic E-state index is 12.4. The normalized spacial score (nSPS) is 14.8. The van der Waals surface area contributed by atoms with E-state index in [4.69, 9.17) is 9.72 Å². The molecule has 2 aromatic heterocycles. The van der Waals surface area contributed by atoms with Crippen LogP contribution in [-0.4, -0.2) is 57.3 Å². The third-order valence-corrected chi connectivity index (χ3v) is 6.20. The molecule has 0 aliphatic carbocycles. The predicted octanol–water partition coefficient (Wildman–Crippen LogP) is 5.39. The van der Waals surface area contributed by atoms with Gasteiger partial charge < -0.3 is 14.5 Å². The minimum absolute atomic E-state index is 0.259. The summed E-state index contributed by atoms with van der Waals surface area (Å²) < 4.78 is 8.66. The van der Waals surface area contributed by atoms with Gasteiger partial charge in [-0.15, -0.1) is 0 Å². The quantitative estimate of drug-likeness (QED) is 0.363. The van der Waals surface area contributed by atoms with Gasteiger partial charge in [0.1, 0.15) is 17.7 Å². The number of rotatable bonds is 2. The minimum Gasteiger partial charge on any atom is -0.444 e. The van der Waals surface area contributed by atoms with Gasteiger partial charge in [0.25, 0.3) is 0 Å². The maximum Gasteiger partial charge on any atom is 0.410 e. The van der Waals surface area contributed by atoms with Crippen LogP contribution < -0.4 is 4.90 Å². The summed E-state index contributed by atoms with van der Waals surface area (Å²) in [6, 6.07) is 16.4. The summed E-state index contributed by atoms with van der Waals surface area (Å²) in [6.45, 7) is 8.25. The molecule has 0 bridgehead atoms. The Balaban J connectivity index is 1.48. The number of piperazine rings is 1. The van der Waals surface area contributed by atoms with Gasteiger partial charge in [-0.2, -0.15) is 0 Å². The Morgan fingerprint density at radius 2 is 1.76 bits per heavy atom. The predicted molar refractivity (Wildman–Crippen MR) is 134 cm³/mol. The summed E-state index contributed by atoms with van der Waals surface area (Å²) in [5.74, 6) is 0.893. The first-order valence-corrected chi connectivity index (χ1v) is 11.8. The smallest absolute Gasteiger partial charge is 0.410 e. The number of ether oxygens (including phenoxy) is 1. The molecule has 7 nitrogen and oxygen atoms in total. The van der Waals surface area contributed by atoms with Crippen LogP contribution in [0.15, 0.2) is 59.3 Å². The van der Waals surface area contributed by atoms with E-state index >= 15 is 0 Å². The van der Waals surface area contributed by atoms with Crippen LogP contribution in [0.25, 0.3) is 27.6 Å². The molecule has 0 N–H and O–H groups in total. The van der Waals surface area contributed by atoms with E-state index in [1.807, 2.05) is 57.4 Å². The molecule has 1 saturated heterocycles. The second kappa shape index (κ2) is 8.33. The van der Waals surface area contributed by atoms with E-state index in [-0.39, 0.29) is 6.09 Å². The van der Waals surface area contributed by atoms with Crippen molar-refractivity contribution < 1.29 is 9.53 Å². The number of benzene rings is 2. The molecule has 8 heteroatoms. The van der Waals surface area contributed by atoms with Crippen LogP contribution in [0.1, 0.15) is 20.8 Å². The second-order valence-electron chi connectivity index (χ2n) is 9.22. The van der Waals surface area contributed by atoms with Crippen LogP contribution in [0.3, 0.4) is 0 Å². The number of pyridine rings is 1. The molecule has 0 unspecified atom stereocenters. The molecule has 170 valence electrons. The van der Waals surface area contributed by atoms with Crippen molar-refractivity contribution in [1.82, 2.24) is 19.4 Å². The van der Waals surface area contributed by atoms with Crippen LogP contribution in [0.4, 0.5) is 10.6 Å². The Bertz CT molecular complexity index is 1340. The van der Waals surface area contributed by atoms with E-state index in [2.05, 4.69) is 48.6 Å². The molecule has 1 aliphatic heterocycles. The molecule has 4 aromatic rings. The number of carbonyl (C=O) groups is 1. The molecule has 1 amide bonds. The average molecular weight is 508 g/mol. The largest absolute Gasteiger partial charge is 0.444 e. The van der Waals surface area contributed by atoms with Crippen molar-refractivity contribution in [1.29, 1.82) is 0 Å². The number of imidazole rings is 1. The van der Waals surface area contributed by atoms with Crippen molar-refractivity contribution in [2.24, 2.45) is 0 Å². The number of hydrogen-bond acceptors (Lipinski definition) is 5. The fourth-order valence-corrected chi connectivity index (χ4v) is 4.47. The van der Waals surface area contributed by atoms with Gasteiger partial charge in [0.15, 0.2) is 0 Å². The van der Waals surface area contributed by atoms with Crippen molar-refractivity contribution in [3.05, 3.63) is 59.3 Å². The molecule has 0 saturated carbocycles. The Morgan fingerprint density at radius 1 is 1.00 bits per heavy atom. The van der Waals surface area contributed by atoms with Gasteiger partial charge in [0, 0.05) is 42.1 Å². The van der Waals surface area contributed by atoms with E-state index in [0.717, 1.165) is 37.9 Å². The topological polar surface area (TPSA) is 63.5 Å². The first-order chi connectivity index (χ1) is 15.8. The Kier molecular flexibility index (Phi) is 5.48. The van der Waals surface area contributed by atoms with Gasteiger partial charge in [-0.3, -0.25) is 4.57 Å². The third kappa shape index (κ3) is 4.39. The number of carbonyl (C=O) groups excluding carboxylic acids is 1. The van der Waals surface area contributed by atoms with E-state index in [9.17, 15) is 4.79 Å². The summed E-state index contributed by atoms with van der Waals surface area (Å²) in [5.41, 5.74) is 3.43. The molecule has 2 aromatic carbocycles. The van der Waals surface area contributed by atoms with Crippen molar-refractivity contribution in [2.45, 2.75) is 26.4 Å². The standard InChI is InChI=1S/C25H26BrN5O2/c1-25(2,3)33-24(32)30-12-10-29(11-13-30)23-15-21(18-6-4-5-7-19(18)28-23)31-16-27-20-9-8-17(26)14-22(20)31/h4-9,14-16H,10-13H2,1-3H3. The third-order valence-electron chi connectivity index (χ3n) is 5.71. The molecule has 33 heavy (non-hydrogen) atoms. The molecule has 1 aliphatic rings. The second-order valence-corrected chi connectivity index (χ2v) is 10.1. The number of aromatic nitrogens is 3. The number of nitrogens with zero attached hydrogens (tertiary/aromatic N) is 5. The maximum absolute atomic E-state index is 12.4. The van der Waals surface area contributed by atoms with Crippen LogP contribution in [0.2, 0.25) is 0 Å². The molecular formula is C25H26BrN5O2. The highest BCUT2D eigenvalue weighted by Gasteiger charge is 2.27. The zero-order valence-electron chi connectivity index (χ0n) is 19.0. The average Bonchev–Trinajstić information content (AvgIpc) is 3.20. The fourth-order valence-electron chi connectivity index (χ4n) is 4.12. The molecule has 0 radical (unpaired) electrons. The Morgan fingerprint density at radius 3 is 2.52 bits per heavy atom. The molecule has 1 fully saturated rings. The Hall–Kier alpha value is -3.13. The summed E-state index contributed by atoms with van der Waals surface area (Å²) in [4.78, 5) is 26.0. The van der Waals surface area contributed by atoms with Gasteiger partial charge in [-0.05, 0) is 45.0 Å².